The summed E-state index contributed by atoms with van der Waals surface area (Å²) in [6.45, 7) is 5.67. The predicted octanol–water partition coefficient (Wildman–Crippen LogP) is 2.29. The third-order valence-corrected chi connectivity index (χ3v) is 3.73. The third kappa shape index (κ3) is 3.04. The van der Waals surface area contributed by atoms with Crippen molar-refractivity contribution in [1.82, 2.24) is 4.90 Å². The largest absolute Gasteiger partial charge is 0.338 e. The van der Waals surface area contributed by atoms with Gasteiger partial charge in [0.25, 0.3) is 0 Å². The second kappa shape index (κ2) is 5.57. The molecule has 1 aliphatic heterocycles. The predicted molar refractivity (Wildman–Crippen MR) is 78.5 cm³/mol. The maximum Gasteiger partial charge on any atom is 0.229 e. The van der Waals surface area contributed by atoms with Gasteiger partial charge in [0, 0.05) is 19.6 Å². The van der Waals surface area contributed by atoms with Crippen LogP contribution in [0.25, 0.3) is 5.57 Å². The Bertz CT molecular complexity index is 477. The van der Waals surface area contributed by atoms with Gasteiger partial charge >= 0.3 is 0 Å². The van der Waals surface area contributed by atoms with Gasteiger partial charge in [-0.1, -0.05) is 36.4 Å². The van der Waals surface area contributed by atoms with Crippen LogP contribution >= 0.6 is 0 Å². The van der Waals surface area contributed by atoms with E-state index in [1.165, 1.54) is 11.1 Å². The zero-order chi connectivity index (χ0) is 13.9. The molecule has 3 heteroatoms. The minimum absolute atomic E-state index is 0.151. The number of amides is 1. The molecule has 102 valence electrons. The summed E-state index contributed by atoms with van der Waals surface area (Å²) >= 11 is 0. The highest BCUT2D eigenvalue weighted by Crippen LogP contribution is 2.25. The van der Waals surface area contributed by atoms with E-state index >= 15 is 0 Å². The standard InChI is InChI=1S/C16H22N2O/c1-16(2,12-17)15(19)18-10-8-14(9-11-18)13-6-4-3-5-7-13/h3-8H,9-12,17H2,1-2H3. The van der Waals surface area contributed by atoms with Crippen molar-refractivity contribution in [1.29, 1.82) is 0 Å². The van der Waals surface area contributed by atoms with Crippen molar-refractivity contribution in [3.05, 3.63) is 42.0 Å². The van der Waals surface area contributed by atoms with Gasteiger partial charge in [-0.05, 0) is 31.4 Å². The molecule has 3 nitrogen and oxygen atoms in total. The Morgan fingerprint density at radius 2 is 2.00 bits per heavy atom. The highest BCUT2D eigenvalue weighted by molar-refractivity contribution is 5.83. The lowest BCUT2D eigenvalue weighted by atomic mass is 9.90. The lowest BCUT2D eigenvalue weighted by molar-refractivity contribution is -0.139. The van der Waals surface area contributed by atoms with Crippen LogP contribution in [-0.4, -0.2) is 30.4 Å². The van der Waals surface area contributed by atoms with Crippen LogP contribution in [0.3, 0.4) is 0 Å². The van der Waals surface area contributed by atoms with Crippen molar-refractivity contribution in [2.24, 2.45) is 11.1 Å². The molecule has 1 aromatic carbocycles. The van der Waals surface area contributed by atoms with Crippen LogP contribution in [0.2, 0.25) is 0 Å². The zero-order valence-corrected chi connectivity index (χ0v) is 11.7. The van der Waals surface area contributed by atoms with E-state index in [-0.39, 0.29) is 5.91 Å². The molecule has 0 atom stereocenters. The molecule has 0 spiro atoms. The SMILES string of the molecule is CC(C)(CN)C(=O)N1CC=C(c2ccccc2)CC1. The van der Waals surface area contributed by atoms with Crippen LogP contribution in [0.4, 0.5) is 0 Å². The van der Waals surface area contributed by atoms with E-state index in [0.29, 0.717) is 13.1 Å². The fraction of sp³-hybridized carbons (Fsp3) is 0.438. The fourth-order valence-electron chi connectivity index (χ4n) is 2.28. The Morgan fingerprint density at radius 3 is 2.53 bits per heavy atom. The maximum atomic E-state index is 12.3. The van der Waals surface area contributed by atoms with Gasteiger partial charge in [-0.2, -0.15) is 0 Å². The third-order valence-electron chi connectivity index (χ3n) is 3.73. The molecular formula is C16H22N2O. The van der Waals surface area contributed by atoms with Gasteiger partial charge in [-0.15, -0.1) is 0 Å². The molecule has 19 heavy (non-hydrogen) atoms. The van der Waals surface area contributed by atoms with E-state index in [9.17, 15) is 4.79 Å². The molecule has 0 saturated carbocycles. The quantitative estimate of drug-likeness (QED) is 0.904. The Hall–Kier alpha value is -1.61. The fourth-order valence-corrected chi connectivity index (χ4v) is 2.28. The smallest absolute Gasteiger partial charge is 0.229 e. The zero-order valence-electron chi connectivity index (χ0n) is 11.7. The van der Waals surface area contributed by atoms with E-state index in [2.05, 4.69) is 18.2 Å². The first-order chi connectivity index (χ1) is 9.04. The van der Waals surface area contributed by atoms with Gasteiger partial charge in [-0.3, -0.25) is 4.79 Å². The monoisotopic (exact) mass is 258 g/mol. The van der Waals surface area contributed by atoms with E-state index < -0.39 is 5.41 Å². The minimum Gasteiger partial charge on any atom is -0.338 e. The number of nitrogens with two attached hydrogens (primary N) is 1. The number of carbonyl (C=O) groups excluding carboxylic acids is 1. The van der Waals surface area contributed by atoms with Crippen LogP contribution in [0.1, 0.15) is 25.8 Å². The van der Waals surface area contributed by atoms with Gasteiger partial charge in [0.1, 0.15) is 0 Å². The van der Waals surface area contributed by atoms with E-state index in [1.807, 2.05) is 36.9 Å². The number of carbonyl (C=O) groups is 1. The average Bonchev–Trinajstić information content (AvgIpc) is 2.47. The van der Waals surface area contributed by atoms with E-state index in [4.69, 9.17) is 5.73 Å². The first-order valence-electron chi connectivity index (χ1n) is 6.78. The number of hydrogen-bond donors (Lipinski definition) is 1. The highest BCUT2D eigenvalue weighted by atomic mass is 16.2. The molecule has 1 aliphatic rings. The molecule has 1 aromatic rings. The molecule has 0 fully saturated rings. The molecule has 0 aliphatic carbocycles. The molecule has 0 unspecified atom stereocenters. The first-order valence-corrected chi connectivity index (χ1v) is 6.78. The topological polar surface area (TPSA) is 46.3 Å². The number of rotatable bonds is 3. The minimum atomic E-state index is -0.460. The average molecular weight is 258 g/mol. The number of hydrogen-bond acceptors (Lipinski definition) is 2. The van der Waals surface area contributed by atoms with Gasteiger partial charge in [-0.25, -0.2) is 0 Å². The van der Waals surface area contributed by atoms with E-state index in [0.717, 1.165) is 13.0 Å². The van der Waals surface area contributed by atoms with Gasteiger partial charge < -0.3 is 10.6 Å². The van der Waals surface area contributed by atoms with Gasteiger partial charge in [0.2, 0.25) is 5.91 Å². The van der Waals surface area contributed by atoms with E-state index in [1.54, 1.807) is 0 Å². The van der Waals surface area contributed by atoms with Crippen LogP contribution in [0, 0.1) is 5.41 Å². The highest BCUT2D eigenvalue weighted by Gasteiger charge is 2.31. The number of benzene rings is 1. The summed E-state index contributed by atoms with van der Waals surface area (Å²) < 4.78 is 0. The lowest BCUT2D eigenvalue weighted by Gasteiger charge is -2.33. The van der Waals surface area contributed by atoms with Crippen molar-refractivity contribution in [3.63, 3.8) is 0 Å². The van der Waals surface area contributed by atoms with Gasteiger partial charge in [0.05, 0.1) is 5.41 Å². The maximum absolute atomic E-state index is 12.3. The lowest BCUT2D eigenvalue weighted by Crippen LogP contribution is -2.46. The van der Waals surface area contributed by atoms with Crippen molar-refractivity contribution in [2.75, 3.05) is 19.6 Å². The summed E-state index contributed by atoms with van der Waals surface area (Å²) in [4.78, 5) is 14.2. The summed E-state index contributed by atoms with van der Waals surface area (Å²) in [7, 11) is 0. The first kappa shape index (κ1) is 13.8. The van der Waals surface area contributed by atoms with Crippen molar-refractivity contribution < 1.29 is 4.79 Å². The van der Waals surface area contributed by atoms with Crippen molar-refractivity contribution in [3.8, 4) is 0 Å². The second-order valence-electron chi connectivity index (χ2n) is 5.68. The molecule has 2 rings (SSSR count). The van der Waals surface area contributed by atoms with Crippen LogP contribution in [0.5, 0.6) is 0 Å². The summed E-state index contributed by atoms with van der Waals surface area (Å²) in [6, 6.07) is 10.4. The summed E-state index contributed by atoms with van der Waals surface area (Å²) in [5, 5.41) is 0. The Morgan fingerprint density at radius 1 is 1.32 bits per heavy atom. The molecule has 1 amide bonds. The van der Waals surface area contributed by atoms with Crippen LogP contribution in [-0.2, 0) is 4.79 Å². The van der Waals surface area contributed by atoms with Crippen LogP contribution in [0.15, 0.2) is 36.4 Å². The molecule has 2 N–H and O–H groups in total. The summed E-state index contributed by atoms with van der Waals surface area (Å²) in [5.41, 5.74) is 7.80. The van der Waals surface area contributed by atoms with Gasteiger partial charge in [0.15, 0.2) is 0 Å². The van der Waals surface area contributed by atoms with Crippen molar-refractivity contribution >= 4 is 11.5 Å². The Labute approximate surface area is 115 Å². The van der Waals surface area contributed by atoms with Crippen LogP contribution < -0.4 is 5.73 Å². The molecule has 0 radical (unpaired) electrons. The molecule has 0 bridgehead atoms. The summed E-state index contributed by atoms with van der Waals surface area (Å²) in [5.74, 6) is 0.151. The number of nitrogens with zero attached hydrogens (tertiary/aromatic N) is 1. The Balaban J connectivity index is 2.06. The van der Waals surface area contributed by atoms with Crippen molar-refractivity contribution in [2.45, 2.75) is 20.3 Å². The second-order valence-corrected chi connectivity index (χ2v) is 5.68. The molecule has 0 saturated heterocycles. The summed E-state index contributed by atoms with van der Waals surface area (Å²) in [6.07, 6.45) is 3.07. The Kier molecular flexibility index (Phi) is 4.05. The molecule has 1 heterocycles. The molecular weight excluding hydrogens is 236 g/mol. The normalized spacial score (nSPS) is 16.2. The molecule has 0 aromatic heterocycles.